The average Bonchev–Trinajstić information content (AvgIpc) is 2.17. The number of carboxylic acids is 1. The monoisotopic (exact) mass is 183 g/mol. The molecule has 3 nitrogen and oxygen atoms in total. The van der Waals surface area contributed by atoms with Crippen molar-refractivity contribution in [2.45, 2.75) is 6.04 Å². The molecule has 70 valence electrons. The summed E-state index contributed by atoms with van der Waals surface area (Å²) in [5, 5.41) is 8.57. The van der Waals surface area contributed by atoms with Gasteiger partial charge in [0.05, 0.1) is 11.6 Å². The van der Waals surface area contributed by atoms with E-state index in [-0.39, 0.29) is 5.56 Å². The number of alkyl halides is 1. The lowest BCUT2D eigenvalue weighted by atomic mass is 10.1. The lowest BCUT2D eigenvalue weighted by Gasteiger charge is -2.06. The first kappa shape index (κ1) is 9.67. The van der Waals surface area contributed by atoms with Gasteiger partial charge in [0.15, 0.2) is 0 Å². The molecule has 1 aromatic carbocycles. The zero-order valence-electron chi connectivity index (χ0n) is 6.90. The molecule has 0 saturated heterocycles. The van der Waals surface area contributed by atoms with Gasteiger partial charge in [-0.05, 0) is 17.7 Å². The van der Waals surface area contributed by atoms with E-state index in [1.807, 2.05) is 0 Å². The van der Waals surface area contributed by atoms with Gasteiger partial charge in [-0.25, -0.2) is 9.18 Å². The Labute approximate surface area is 75.0 Å². The van der Waals surface area contributed by atoms with Crippen LogP contribution in [0.5, 0.6) is 0 Å². The highest BCUT2D eigenvalue weighted by molar-refractivity contribution is 5.87. The lowest BCUT2D eigenvalue weighted by molar-refractivity contribution is 0.0697. The largest absolute Gasteiger partial charge is 0.478 e. The Hall–Kier alpha value is -1.42. The molecule has 3 N–H and O–H groups in total. The number of halogens is 1. The predicted octanol–water partition coefficient (Wildman–Crippen LogP) is 1.35. The summed E-state index contributed by atoms with van der Waals surface area (Å²) in [5.74, 6) is -1.000. The van der Waals surface area contributed by atoms with Crippen LogP contribution < -0.4 is 5.73 Å². The van der Waals surface area contributed by atoms with Crippen molar-refractivity contribution < 1.29 is 14.3 Å². The van der Waals surface area contributed by atoms with Crippen LogP contribution in [0.15, 0.2) is 24.3 Å². The minimum atomic E-state index is -1.000. The van der Waals surface area contributed by atoms with Gasteiger partial charge < -0.3 is 10.8 Å². The van der Waals surface area contributed by atoms with Crippen LogP contribution in [0.3, 0.4) is 0 Å². The van der Waals surface area contributed by atoms with Gasteiger partial charge in [0, 0.05) is 0 Å². The number of hydrogen-bond donors (Lipinski definition) is 2. The molecule has 0 radical (unpaired) electrons. The van der Waals surface area contributed by atoms with E-state index in [1.165, 1.54) is 24.3 Å². The van der Waals surface area contributed by atoms with Crippen LogP contribution in [0.4, 0.5) is 4.39 Å². The summed E-state index contributed by atoms with van der Waals surface area (Å²) in [5.41, 5.74) is 6.18. The molecule has 0 saturated carbocycles. The molecule has 0 aromatic heterocycles. The molecule has 0 bridgehead atoms. The van der Waals surface area contributed by atoms with E-state index in [1.54, 1.807) is 0 Å². The number of nitrogens with two attached hydrogens (primary N) is 1. The predicted molar refractivity (Wildman–Crippen MR) is 46.3 cm³/mol. The van der Waals surface area contributed by atoms with Crippen LogP contribution >= 0.6 is 0 Å². The number of carboxylic acid groups (broad SMARTS) is 1. The molecular weight excluding hydrogens is 173 g/mol. The molecule has 1 atom stereocenters. The number of rotatable bonds is 3. The fourth-order valence-corrected chi connectivity index (χ4v) is 0.962. The van der Waals surface area contributed by atoms with E-state index < -0.39 is 18.7 Å². The summed E-state index contributed by atoms with van der Waals surface area (Å²) in [6, 6.07) is 5.20. The first-order valence-corrected chi connectivity index (χ1v) is 3.80. The van der Waals surface area contributed by atoms with Crippen molar-refractivity contribution in [3.8, 4) is 0 Å². The van der Waals surface area contributed by atoms with Gasteiger partial charge in [-0.15, -0.1) is 0 Å². The normalized spacial score (nSPS) is 12.5. The number of aromatic carboxylic acids is 1. The number of carbonyl (C=O) groups is 1. The molecule has 0 aliphatic rings. The third kappa shape index (κ3) is 2.26. The topological polar surface area (TPSA) is 63.3 Å². The highest BCUT2D eigenvalue weighted by Gasteiger charge is 2.06. The Balaban J connectivity index is 2.87. The highest BCUT2D eigenvalue weighted by atomic mass is 19.1. The third-order valence-electron chi connectivity index (χ3n) is 1.75. The molecule has 0 spiro atoms. The molecule has 0 amide bonds. The van der Waals surface area contributed by atoms with Gasteiger partial charge in [-0.2, -0.15) is 0 Å². The Morgan fingerprint density at radius 1 is 1.46 bits per heavy atom. The summed E-state index contributed by atoms with van der Waals surface area (Å²) in [6.07, 6.45) is 0. The molecular formula is C9H10FNO2. The van der Waals surface area contributed by atoms with E-state index in [4.69, 9.17) is 10.8 Å². The number of benzene rings is 1. The zero-order valence-corrected chi connectivity index (χ0v) is 6.90. The van der Waals surface area contributed by atoms with Crippen molar-refractivity contribution in [1.82, 2.24) is 0 Å². The Morgan fingerprint density at radius 2 is 2.00 bits per heavy atom. The van der Waals surface area contributed by atoms with Crippen molar-refractivity contribution in [3.05, 3.63) is 35.4 Å². The second kappa shape index (κ2) is 4.00. The van der Waals surface area contributed by atoms with Crippen LogP contribution in [0.25, 0.3) is 0 Å². The van der Waals surface area contributed by atoms with Gasteiger partial charge in [0.1, 0.15) is 6.67 Å². The van der Waals surface area contributed by atoms with Crippen molar-refractivity contribution in [2.24, 2.45) is 5.73 Å². The Bertz CT molecular complexity index is 297. The van der Waals surface area contributed by atoms with Gasteiger partial charge in [0.2, 0.25) is 0 Å². The average molecular weight is 183 g/mol. The SMILES string of the molecule is NC(CF)c1ccc(C(=O)O)cc1. The maximum Gasteiger partial charge on any atom is 0.335 e. The summed E-state index contributed by atoms with van der Waals surface area (Å²) in [6.45, 7) is -0.646. The van der Waals surface area contributed by atoms with Crippen molar-refractivity contribution in [1.29, 1.82) is 0 Å². The van der Waals surface area contributed by atoms with Gasteiger partial charge in [-0.3, -0.25) is 0 Å². The molecule has 13 heavy (non-hydrogen) atoms. The van der Waals surface area contributed by atoms with Crippen molar-refractivity contribution in [2.75, 3.05) is 6.67 Å². The zero-order chi connectivity index (χ0) is 9.84. The van der Waals surface area contributed by atoms with E-state index in [0.717, 1.165) is 0 Å². The van der Waals surface area contributed by atoms with Gasteiger partial charge >= 0.3 is 5.97 Å². The third-order valence-corrected chi connectivity index (χ3v) is 1.75. The van der Waals surface area contributed by atoms with Crippen LogP contribution in [0.1, 0.15) is 22.0 Å². The number of hydrogen-bond acceptors (Lipinski definition) is 2. The van der Waals surface area contributed by atoms with E-state index >= 15 is 0 Å². The molecule has 1 unspecified atom stereocenters. The fourth-order valence-electron chi connectivity index (χ4n) is 0.962. The van der Waals surface area contributed by atoms with Crippen molar-refractivity contribution in [3.63, 3.8) is 0 Å². The maximum absolute atomic E-state index is 12.1. The summed E-state index contributed by atoms with van der Waals surface area (Å²) in [7, 11) is 0. The van der Waals surface area contributed by atoms with Gasteiger partial charge in [0.25, 0.3) is 0 Å². The van der Waals surface area contributed by atoms with E-state index in [0.29, 0.717) is 5.56 Å². The molecule has 0 aliphatic heterocycles. The summed E-state index contributed by atoms with van der Waals surface area (Å²) >= 11 is 0. The molecule has 0 fully saturated rings. The van der Waals surface area contributed by atoms with E-state index in [9.17, 15) is 9.18 Å². The van der Waals surface area contributed by atoms with Crippen LogP contribution in [0.2, 0.25) is 0 Å². The molecule has 0 aliphatic carbocycles. The highest BCUT2D eigenvalue weighted by Crippen LogP contribution is 2.11. The van der Waals surface area contributed by atoms with Crippen LogP contribution in [-0.2, 0) is 0 Å². The molecule has 1 aromatic rings. The molecule has 4 heteroatoms. The molecule has 0 heterocycles. The first-order chi connectivity index (χ1) is 6.15. The smallest absolute Gasteiger partial charge is 0.335 e. The summed E-state index contributed by atoms with van der Waals surface area (Å²) in [4.78, 5) is 10.4. The minimum Gasteiger partial charge on any atom is -0.478 e. The Morgan fingerprint density at radius 3 is 2.38 bits per heavy atom. The minimum absolute atomic E-state index is 0.176. The van der Waals surface area contributed by atoms with Crippen LogP contribution in [-0.4, -0.2) is 17.8 Å². The quantitative estimate of drug-likeness (QED) is 0.743. The standard InChI is InChI=1S/C9H10FNO2/c10-5-8(11)6-1-3-7(4-2-6)9(12)13/h1-4,8H,5,11H2,(H,12,13). The second-order valence-corrected chi connectivity index (χ2v) is 2.69. The molecule has 1 rings (SSSR count). The lowest BCUT2D eigenvalue weighted by Crippen LogP contribution is -2.12. The maximum atomic E-state index is 12.1. The van der Waals surface area contributed by atoms with Crippen molar-refractivity contribution >= 4 is 5.97 Å². The summed E-state index contributed by atoms with van der Waals surface area (Å²) < 4.78 is 12.1. The van der Waals surface area contributed by atoms with Gasteiger partial charge in [-0.1, -0.05) is 12.1 Å². The van der Waals surface area contributed by atoms with E-state index in [2.05, 4.69) is 0 Å². The van der Waals surface area contributed by atoms with Crippen LogP contribution in [0, 0.1) is 0 Å². The first-order valence-electron chi connectivity index (χ1n) is 3.80. The fraction of sp³-hybridized carbons (Fsp3) is 0.222. The second-order valence-electron chi connectivity index (χ2n) is 2.69. The Kier molecular flexibility index (Phi) is 2.97.